The van der Waals surface area contributed by atoms with Crippen LogP contribution in [-0.2, 0) is 12.8 Å². The van der Waals surface area contributed by atoms with Crippen LogP contribution in [0.25, 0.3) is 0 Å². The van der Waals surface area contributed by atoms with Gasteiger partial charge >= 0.3 is 12.1 Å². The van der Waals surface area contributed by atoms with E-state index in [1.807, 2.05) is 27.7 Å². The average Bonchev–Trinajstić information content (AvgIpc) is 2.37. The molecule has 0 atom stereocenters. The van der Waals surface area contributed by atoms with Gasteiger partial charge in [-0.3, -0.25) is 4.79 Å². The van der Waals surface area contributed by atoms with Gasteiger partial charge in [-0.15, -0.1) is 0 Å². The maximum atomic E-state index is 13.4. The Labute approximate surface area is 132 Å². The number of alkyl halides is 5. The fourth-order valence-electron chi connectivity index (χ4n) is 2.43. The molecule has 0 aliphatic heterocycles. The van der Waals surface area contributed by atoms with Gasteiger partial charge in [0.1, 0.15) is 0 Å². The summed E-state index contributed by atoms with van der Waals surface area (Å²) in [5.74, 6) is -7.34. The number of halogens is 5. The van der Waals surface area contributed by atoms with E-state index in [9.17, 15) is 26.7 Å². The number of hydrogen-bond donors (Lipinski definition) is 0. The Morgan fingerprint density at radius 2 is 1.48 bits per heavy atom. The molecule has 1 aromatic carbocycles. The predicted octanol–water partition coefficient (Wildman–Crippen LogP) is 5.46. The quantitative estimate of drug-likeness (QED) is 0.498. The van der Waals surface area contributed by atoms with Gasteiger partial charge in [0.25, 0.3) is 0 Å². The topological polar surface area (TPSA) is 17.1 Å². The summed E-state index contributed by atoms with van der Waals surface area (Å²) < 4.78 is 64.4. The maximum Gasteiger partial charge on any atom is 0.461 e. The molecule has 130 valence electrons. The molecule has 0 fully saturated rings. The van der Waals surface area contributed by atoms with E-state index in [0.717, 1.165) is 6.07 Å². The van der Waals surface area contributed by atoms with E-state index in [1.165, 1.54) is 6.07 Å². The van der Waals surface area contributed by atoms with Crippen LogP contribution in [-0.4, -0.2) is 17.9 Å². The van der Waals surface area contributed by atoms with Crippen LogP contribution in [0.15, 0.2) is 18.2 Å². The lowest BCUT2D eigenvalue weighted by molar-refractivity contribution is -0.255. The van der Waals surface area contributed by atoms with Crippen molar-refractivity contribution in [3.05, 3.63) is 34.9 Å². The molecule has 0 radical (unpaired) electrons. The third-order valence-corrected chi connectivity index (χ3v) is 3.40. The van der Waals surface area contributed by atoms with E-state index in [-0.39, 0.29) is 18.3 Å². The van der Waals surface area contributed by atoms with Gasteiger partial charge in [-0.1, -0.05) is 45.9 Å². The molecule has 0 amide bonds. The minimum absolute atomic E-state index is 0.0226. The largest absolute Gasteiger partial charge is 0.461 e. The highest BCUT2D eigenvalue weighted by Gasteiger charge is 2.63. The Balaban J connectivity index is 3.43. The molecule has 1 aromatic rings. The molecule has 0 saturated carbocycles. The molecule has 0 aromatic heterocycles. The third kappa shape index (κ3) is 4.52. The summed E-state index contributed by atoms with van der Waals surface area (Å²) >= 11 is 0. The Hall–Kier alpha value is -1.46. The summed E-state index contributed by atoms with van der Waals surface area (Å²) in [7, 11) is 0. The van der Waals surface area contributed by atoms with E-state index in [1.54, 1.807) is 6.07 Å². The Morgan fingerprint density at radius 3 is 1.91 bits per heavy atom. The second kappa shape index (κ2) is 6.97. The molecule has 0 bridgehead atoms. The minimum atomic E-state index is -5.90. The molecular weight excluding hydrogens is 315 g/mol. The van der Waals surface area contributed by atoms with Crippen molar-refractivity contribution < 1.29 is 26.7 Å². The van der Waals surface area contributed by atoms with Crippen molar-refractivity contribution in [2.75, 3.05) is 0 Å². The Kier molecular flexibility index (Phi) is 5.94. The van der Waals surface area contributed by atoms with Crippen molar-refractivity contribution in [1.82, 2.24) is 0 Å². The zero-order chi connectivity index (χ0) is 18.0. The lowest BCUT2D eigenvalue weighted by Gasteiger charge is -2.22. The number of hydrogen-bond acceptors (Lipinski definition) is 1. The van der Waals surface area contributed by atoms with Crippen molar-refractivity contribution in [1.29, 1.82) is 0 Å². The molecule has 0 heterocycles. The predicted molar refractivity (Wildman–Crippen MR) is 78.9 cm³/mol. The maximum absolute atomic E-state index is 13.4. The first kappa shape index (κ1) is 19.6. The molecule has 0 aliphatic rings. The fourth-order valence-corrected chi connectivity index (χ4v) is 2.43. The van der Waals surface area contributed by atoms with E-state index in [0.29, 0.717) is 17.5 Å². The van der Waals surface area contributed by atoms with Gasteiger partial charge in [-0.05, 0) is 35.8 Å². The summed E-state index contributed by atoms with van der Waals surface area (Å²) in [6, 6.07) is 4.10. The van der Waals surface area contributed by atoms with Crippen molar-refractivity contribution in [3.8, 4) is 0 Å². The second-order valence-corrected chi connectivity index (χ2v) is 6.54. The number of rotatable bonds is 6. The first-order valence-electron chi connectivity index (χ1n) is 7.48. The summed E-state index contributed by atoms with van der Waals surface area (Å²) in [5.41, 5.74) is 0.418. The van der Waals surface area contributed by atoms with Crippen LogP contribution in [0, 0.1) is 11.8 Å². The van der Waals surface area contributed by atoms with Crippen LogP contribution in [0.5, 0.6) is 0 Å². The Bertz CT molecular complexity index is 559. The van der Waals surface area contributed by atoms with Crippen LogP contribution >= 0.6 is 0 Å². The van der Waals surface area contributed by atoms with E-state index >= 15 is 0 Å². The van der Waals surface area contributed by atoms with Gasteiger partial charge in [-0.25, -0.2) is 0 Å². The average molecular weight is 336 g/mol. The minimum Gasteiger partial charge on any atom is -0.287 e. The normalized spacial score (nSPS) is 13.0. The molecule has 6 heteroatoms. The molecule has 0 N–H and O–H groups in total. The highest BCUT2D eigenvalue weighted by Crippen LogP contribution is 2.39. The van der Waals surface area contributed by atoms with Gasteiger partial charge in [0, 0.05) is 5.56 Å². The van der Waals surface area contributed by atoms with Crippen LogP contribution in [0.3, 0.4) is 0 Å². The first-order chi connectivity index (χ1) is 10.4. The summed E-state index contributed by atoms with van der Waals surface area (Å²) in [6.07, 6.45) is -5.11. The van der Waals surface area contributed by atoms with Crippen LogP contribution < -0.4 is 0 Å². The molecule has 1 rings (SSSR count). The van der Waals surface area contributed by atoms with E-state index in [4.69, 9.17) is 0 Å². The third-order valence-electron chi connectivity index (χ3n) is 3.40. The standard InChI is InChI=1S/C17H21F5O/c1-10(2)8-12-6-5-7-13(14(12)9-11(3)4)15(23)16(18,19)17(20,21)22/h5-7,10-11H,8-9H2,1-4H3. The number of benzene rings is 1. The lowest BCUT2D eigenvalue weighted by Crippen LogP contribution is -2.44. The monoisotopic (exact) mass is 336 g/mol. The summed E-state index contributed by atoms with van der Waals surface area (Å²) in [4.78, 5) is 11.9. The number of carbonyl (C=O) groups is 1. The van der Waals surface area contributed by atoms with Crippen LogP contribution in [0.1, 0.15) is 49.2 Å². The Morgan fingerprint density at radius 1 is 0.957 bits per heavy atom. The highest BCUT2D eigenvalue weighted by molar-refractivity contribution is 6.03. The van der Waals surface area contributed by atoms with Gasteiger partial charge in [0.2, 0.25) is 5.78 Å². The molecular formula is C17H21F5O. The number of Topliss-reactive ketones (excluding diaryl/α,β-unsaturated/α-hetero) is 1. The van der Waals surface area contributed by atoms with Gasteiger partial charge in [0.05, 0.1) is 0 Å². The lowest BCUT2D eigenvalue weighted by atomic mass is 9.87. The van der Waals surface area contributed by atoms with Crippen LogP contribution in [0.2, 0.25) is 0 Å². The zero-order valence-corrected chi connectivity index (χ0v) is 13.6. The van der Waals surface area contributed by atoms with Crippen molar-refractivity contribution in [2.24, 2.45) is 11.8 Å². The highest BCUT2D eigenvalue weighted by atomic mass is 19.4. The van der Waals surface area contributed by atoms with Crippen LogP contribution in [0.4, 0.5) is 22.0 Å². The first-order valence-corrected chi connectivity index (χ1v) is 7.48. The fraction of sp³-hybridized carbons (Fsp3) is 0.588. The molecule has 0 spiro atoms. The van der Waals surface area contributed by atoms with Gasteiger partial charge in [0.15, 0.2) is 0 Å². The van der Waals surface area contributed by atoms with E-state index in [2.05, 4.69) is 0 Å². The second-order valence-electron chi connectivity index (χ2n) is 6.54. The summed E-state index contributed by atoms with van der Waals surface area (Å²) in [6.45, 7) is 7.47. The molecule has 0 unspecified atom stereocenters. The molecule has 0 saturated heterocycles. The summed E-state index contributed by atoms with van der Waals surface area (Å²) in [5, 5.41) is 0. The molecule has 0 aliphatic carbocycles. The van der Waals surface area contributed by atoms with E-state index < -0.39 is 23.4 Å². The number of carbonyl (C=O) groups excluding carboxylic acids is 1. The molecule has 1 nitrogen and oxygen atoms in total. The SMILES string of the molecule is CC(C)Cc1cccc(C(=O)C(F)(F)C(F)(F)F)c1CC(C)C. The smallest absolute Gasteiger partial charge is 0.287 e. The van der Waals surface area contributed by atoms with Gasteiger partial charge < -0.3 is 0 Å². The van der Waals surface area contributed by atoms with Crippen molar-refractivity contribution >= 4 is 5.78 Å². The van der Waals surface area contributed by atoms with Gasteiger partial charge in [-0.2, -0.15) is 22.0 Å². The van der Waals surface area contributed by atoms with Crippen molar-refractivity contribution in [2.45, 2.75) is 52.6 Å². The molecule has 23 heavy (non-hydrogen) atoms. The number of ketones is 1. The zero-order valence-electron chi connectivity index (χ0n) is 13.6. The van der Waals surface area contributed by atoms with Crippen molar-refractivity contribution in [3.63, 3.8) is 0 Å².